The van der Waals surface area contributed by atoms with E-state index in [-0.39, 0.29) is 31.8 Å². The second-order valence-electron chi connectivity index (χ2n) is 7.18. The number of hydrogen-bond donors (Lipinski definition) is 0. The Hall–Kier alpha value is -3.08. The van der Waals surface area contributed by atoms with Gasteiger partial charge in [0, 0.05) is 50.1 Å². The first kappa shape index (κ1) is 18.3. The lowest BCUT2D eigenvalue weighted by Crippen LogP contribution is -2.42. The summed E-state index contributed by atoms with van der Waals surface area (Å²) in [6.07, 6.45) is 4.32. The van der Waals surface area contributed by atoms with E-state index in [1.165, 1.54) is 17.3 Å². The van der Waals surface area contributed by atoms with E-state index in [1.807, 2.05) is 17.0 Å². The summed E-state index contributed by atoms with van der Waals surface area (Å²) >= 11 is 0. The van der Waals surface area contributed by atoms with Crippen molar-refractivity contribution in [3.05, 3.63) is 47.8 Å². The van der Waals surface area contributed by atoms with Crippen LogP contribution >= 0.6 is 0 Å². The third kappa shape index (κ3) is 3.79. The van der Waals surface area contributed by atoms with Gasteiger partial charge < -0.3 is 9.80 Å². The van der Waals surface area contributed by atoms with Gasteiger partial charge in [-0.05, 0) is 37.1 Å². The summed E-state index contributed by atoms with van der Waals surface area (Å²) in [5.41, 5.74) is 1.76. The third-order valence-corrected chi connectivity index (χ3v) is 5.07. The molecule has 1 aliphatic carbocycles. The highest BCUT2D eigenvalue weighted by Crippen LogP contribution is 2.36. The summed E-state index contributed by atoms with van der Waals surface area (Å²) in [6.45, 7) is 0.0695. The van der Waals surface area contributed by atoms with Gasteiger partial charge >= 0.3 is 0 Å². The Labute approximate surface area is 161 Å². The molecule has 2 heterocycles. The number of rotatable bonds is 4. The standard InChI is InChI=1S/C20H19F2N5O/c21-20(22)7-9-26(10-8-20)18(28)15-12-24-19(25-13-15)27(17-5-6-17)16-3-1-14(11-23)2-4-16/h1-4,12-13,17H,5-10H2. The Balaban J connectivity index is 1.51. The van der Waals surface area contributed by atoms with Gasteiger partial charge in [-0.3, -0.25) is 4.79 Å². The number of aromatic nitrogens is 2. The van der Waals surface area contributed by atoms with Crippen molar-refractivity contribution in [1.29, 1.82) is 5.26 Å². The average Bonchev–Trinajstić information content (AvgIpc) is 3.54. The van der Waals surface area contributed by atoms with Gasteiger partial charge in [-0.15, -0.1) is 0 Å². The molecule has 6 nitrogen and oxygen atoms in total. The molecule has 2 fully saturated rings. The van der Waals surface area contributed by atoms with Crippen molar-refractivity contribution < 1.29 is 13.6 Å². The van der Waals surface area contributed by atoms with E-state index in [0.29, 0.717) is 23.1 Å². The highest BCUT2D eigenvalue weighted by atomic mass is 19.3. The Kier molecular flexibility index (Phi) is 4.67. The molecule has 144 valence electrons. The average molecular weight is 383 g/mol. The number of piperidine rings is 1. The number of carbonyl (C=O) groups is 1. The van der Waals surface area contributed by atoms with Crippen LogP contribution in [0.2, 0.25) is 0 Å². The van der Waals surface area contributed by atoms with Gasteiger partial charge in [0.25, 0.3) is 11.8 Å². The van der Waals surface area contributed by atoms with Crippen LogP contribution in [0.4, 0.5) is 20.4 Å². The molecule has 2 aromatic rings. The number of hydrogen-bond acceptors (Lipinski definition) is 5. The summed E-state index contributed by atoms with van der Waals surface area (Å²) in [5, 5.41) is 8.96. The van der Waals surface area contributed by atoms with E-state index < -0.39 is 5.92 Å². The highest BCUT2D eigenvalue weighted by molar-refractivity contribution is 5.93. The predicted octanol–water partition coefficient (Wildman–Crippen LogP) is 3.52. The van der Waals surface area contributed by atoms with Crippen LogP contribution in [0.15, 0.2) is 36.7 Å². The second-order valence-corrected chi connectivity index (χ2v) is 7.18. The highest BCUT2D eigenvalue weighted by Gasteiger charge is 2.36. The topological polar surface area (TPSA) is 73.1 Å². The predicted molar refractivity (Wildman–Crippen MR) is 98.4 cm³/mol. The van der Waals surface area contributed by atoms with Gasteiger partial charge in [0.2, 0.25) is 5.95 Å². The van der Waals surface area contributed by atoms with Crippen LogP contribution in [0.1, 0.15) is 41.6 Å². The van der Waals surface area contributed by atoms with Gasteiger partial charge in [-0.25, -0.2) is 18.7 Å². The lowest BCUT2D eigenvalue weighted by atomic mass is 10.1. The number of nitrogens with zero attached hydrogens (tertiary/aromatic N) is 5. The molecule has 1 aromatic carbocycles. The fourth-order valence-electron chi connectivity index (χ4n) is 3.29. The lowest BCUT2D eigenvalue weighted by Gasteiger charge is -2.31. The molecule has 0 N–H and O–H groups in total. The smallest absolute Gasteiger partial charge is 0.256 e. The fraction of sp³-hybridized carbons (Fsp3) is 0.400. The molecule has 0 bridgehead atoms. The minimum Gasteiger partial charge on any atom is -0.338 e. The maximum atomic E-state index is 13.3. The molecule has 1 amide bonds. The first-order valence-electron chi connectivity index (χ1n) is 9.25. The van der Waals surface area contributed by atoms with Crippen molar-refractivity contribution >= 4 is 17.5 Å². The molecule has 1 saturated heterocycles. The monoisotopic (exact) mass is 383 g/mol. The molecule has 0 radical (unpaired) electrons. The minimum absolute atomic E-state index is 0.0347. The van der Waals surface area contributed by atoms with Gasteiger partial charge in [-0.1, -0.05) is 0 Å². The minimum atomic E-state index is -2.69. The molecule has 1 aliphatic heterocycles. The number of amides is 1. The number of nitriles is 1. The SMILES string of the molecule is N#Cc1ccc(N(c2ncc(C(=O)N3CCC(F)(F)CC3)cn2)C2CC2)cc1. The molecule has 1 saturated carbocycles. The van der Waals surface area contributed by atoms with Crippen LogP contribution in [0.5, 0.6) is 0 Å². The molecule has 0 unspecified atom stereocenters. The van der Waals surface area contributed by atoms with E-state index >= 15 is 0 Å². The molecular weight excluding hydrogens is 364 g/mol. The second kappa shape index (κ2) is 7.15. The normalized spacial score (nSPS) is 18.4. The molecule has 0 spiro atoms. The van der Waals surface area contributed by atoms with E-state index in [2.05, 4.69) is 16.0 Å². The molecule has 2 aliphatic rings. The number of carbonyl (C=O) groups excluding carboxylic acids is 1. The number of benzene rings is 1. The Morgan fingerprint density at radius 1 is 1.14 bits per heavy atom. The summed E-state index contributed by atoms with van der Waals surface area (Å²) in [7, 11) is 0. The van der Waals surface area contributed by atoms with E-state index in [1.54, 1.807) is 12.1 Å². The summed E-state index contributed by atoms with van der Waals surface area (Å²) in [4.78, 5) is 24.7. The first-order valence-corrected chi connectivity index (χ1v) is 9.25. The zero-order valence-corrected chi connectivity index (χ0v) is 15.2. The molecule has 0 atom stereocenters. The molecule has 4 rings (SSSR count). The number of likely N-dealkylation sites (tertiary alicyclic amines) is 1. The van der Waals surface area contributed by atoms with Crippen LogP contribution < -0.4 is 4.90 Å². The summed E-state index contributed by atoms with van der Waals surface area (Å²) < 4.78 is 26.6. The quantitative estimate of drug-likeness (QED) is 0.808. The van der Waals surface area contributed by atoms with Crippen molar-refractivity contribution in [1.82, 2.24) is 14.9 Å². The maximum absolute atomic E-state index is 13.3. The van der Waals surface area contributed by atoms with E-state index in [9.17, 15) is 13.6 Å². The van der Waals surface area contributed by atoms with Gasteiger partial charge in [0.1, 0.15) is 0 Å². The summed E-state index contributed by atoms with van der Waals surface area (Å²) in [5.74, 6) is -2.53. The first-order chi connectivity index (χ1) is 13.5. The zero-order chi connectivity index (χ0) is 19.7. The Morgan fingerprint density at radius 3 is 2.29 bits per heavy atom. The van der Waals surface area contributed by atoms with Crippen LogP contribution in [-0.2, 0) is 0 Å². The van der Waals surface area contributed by atoms with Gasteiger partial charge in [-0.2, -0.15) is 5.26 Å². The van der Waals surface area contributed by atoms with E-state index in [0.717, 1.165) is 18.5 Å². The van der Waals surface area contributed by atoms with Gasteiger partial charge in [0.15, 0.2) is 0 Å². The molecular formula is C20H19F2N5O. The fourth-order valence-corrected chi connectivity index (χ4v) is 3.29. The maximum Gasteiger partial charge on any atom is 0.256 e. The molecule has 8 heteroatoms. The zero-order valence-electron chi connectivity index (χ0n) is 15.2. The lowest BCUT2D eigenvalue weighted by molar-refractivity contribution is -0.0494. The van der Waals surface area contributed by atoms with Crippen LogP contribution in [0.3, 0.4) is 0 Å². The third-order valence-electron chi connectivity index (χ3n) is 5.07. The largest absolute Gasteiger partial charge is 0.338 e. The van der Waals surface area contributed by atoms with Crippen LogP contribution in [0.25, 0.3) is 0 Å². The molecule has 1 aromatic heterocycles. The Bertz CT molecular complexity index is 894. The van der Waals surface area contributed by atoms with E-state index in [4.69, 9.17) is 5.26 Å². The van der Waals surface area contributed by atoms with Crippen molar-refractivity contribution in [3.63, 3.8) is 0 Å². The Morgan fingerprint density at radius 2 is 1.75 bits per heavy atom. The van der Waals surface area contributed by atoms with Crippen LogP contribution in [-0.4, -0.2) is 45.8 Å². The van der Waals surface area contributed by atoms with Gasteiger partial charge in [0.05, 0.1) is 17.2 Å². The van der Waals surface area contributed by atoms with Crippen molar-refractivity contribution in [2.24, 2.45) is 0 Å². The van der Waals surface area contributed by atoms with Crippen LogP contribution in [0, 0.1) is 11.3 Å². The number of alkyl halides is 2. The van der Waals surface area contributed by atoms with Crippen molar-refractivity contribution in [3.8, 4) is 6.07 Å². The molecule has 28 heavy (non-hydrogen) atoms. The number of anilines is 2. The summed E-state index contributed by atoms with van der Waals surface area (Å²) in [6, 6.07) is 9.58. The van der Waals surface area contributed by atoms with Crippen molar-refractivity contribution in [2.45, 2.75) is 37.6 Å². The number of halogens is 2. The van der Waals surface area contributed by atoms with Crippen molar-refractivity contribution in [2.75, 3.05) is 18.0 Å².